The average Bonchev–Trinajstić information content (AvgIpc) is 3.42. The summed E-state index contributed by atoms with van der Waals surface area (Å²) in [7, 11) is 0. The van der Waals surface area contributed by atoms with Gasteiger partial charge < -0.3 is 15.3 Å². The first-order valence-electron chi connectivity index (χ1n) is 15.1. The number of thiophene rings is 1. The van der Waals surface area contributed by atoms with Gasteiger partial charge >= 0.3 is 0 Å². The van der Waals surface area contributed by atoms with Crippen molar-refractivity contribution in [3.05, 3.63) is 69.5 Å². The molecule has 1 aromatic rings. The van der Waals surface area contributed by atoms with Crippen LogP contribution in [-0.4, -0.2) is 33.6 Å². The lowest BCUT2D eigenvalue weighted by atomic mass is 9.61. The van der Waals surface area contributed by atoms with Crippen LogP contribution in [0, 0.1) is 23.2 Å². The molecule has 3 nitrogen and oxygen atoms in total. The van der Waals surface area contributed by atoms with Gasteiger partial charge in [-0.05, 0) is 109 Å². The minimum absolute atomic E-state index is 0.0481. The van der Waals surface area contributed by atoms with E-state index in [2.05, 4.69) is 63.1 Å². The number of aliphatic hydroxyl groups is 3. The SMILES string of the molecule is C=C1C(=CC=C2CCC[C@]3(C)[C@@H]([C@H](C)C=C[C@@H](O)C4(c5cc(CCC)cs5)CC4)CC[C@@H]23)C[C@@H](O)C[C@@H]1O. The first kappa shape index (κ1) is 28.1. The predicted octanol–water partition coefficient (Wildman–Crippen LogP) is 7.43. The summed E-state index contributed by atoms with van der Waals surface area (Å²) in [6.07, 6.45) is 18.9. The van der Waals surface area contributed by atoms with Crippen LogP contribution < -0.4 is 0 Å². The van der Waals surface area contributed by atoms with Gasteiger partial charge in [-0.2, -0.15) is 0 Å². The molecule has 1 aromatic heterocycles. The van der Waals surface area contributed by atoms with Crippen LogP contribution in [0.2, 0.25) is 0 Å². The first-order chi connectivity index (χ1) is 18.2. The molecule has 0 amide bonds. The first-order valence-corrected chi connectivity index (χ1v) is 15.9. The molecule has 4 fully saturated rings. The van der Waals surface area contributed by atoms with E-state index in [1.165, 1.54) is 48.1 Å². The molecule has 0 spiro atoms. The molecule has 208 valence electrons. The number of rotatable bonds is 8. The van der Waals surface area contributed by atoms with Gasteiger partial charge in [0.2, 0.25) is 0 Å². The minimum atomic E-state index is -0.633. The predicted molar refractivity (Wildman–Crippen MR) is 158 cm³/mol. The Morgan fingerprint density at radius 2 is 1.95 bits per heavy atom. The number of aryl methyl sites for hydroxylation is 1. The molecule has 0 unspecified atom stereocenters. The highest BCUT2D eigenvalue weighted by Gasteiger charge is 2.52. The number of allylic oxidation sites excluding steroid dienone is 4. The van der Waals surface area contributed by atoms with Gasteiger partial charge in [-0.25, -0.2) is 0 Å². The maximum absolute atomic E-state index is 11.3. The van der Waals surface area contributed by atoms with Gasteiger partial charge in [0.1, 0.15) is 0 Å². The lowest BCUT2D eigenvalue weighted by molar-refractivity contribution is 0.0862. The van der Waals surface area contributed by atoms with Gasteiger partial charge in [-0.15, -0.1) is 11.3 Å². The van der Waals surface area contributed by atoms with Crippen molar-refractivity contribution in [3.8, 4) is 0 Å². The van der Waals surface area contributed by atoms with Gasteiger partial charge in [0.25, 0.3) is 0 Å². The van der Waals surface area contributed by atoms with E-state index >= 15 is 0 Å². The molecule has 3 N–H and O–H groups in total. The van der Waals surface area contributed by atoms with Crippen molar-refractivity contribution in [1.82, 2.24) is 0 Å². The normalized spacial score (nSPS) is 36.6. The van der Waals surface area contributed by atoms with E-state index in [0.717, 1.165) is 36.8 Å². The molecule has 0 aliphatic heterocycles. The molecule has 0 radical (unpaired) electrons. The molecule has 5 rings (SSSR count). The largest absolute Gasteiger partial charge is 0.393 e. The Hall–Kier alpha value is -1.46. The zero-order valence-electron chi connectivity index (χ0n) is 23.7. The standard InChI is InChI=1S/C34H48O3S/c1-5-7-24-18-32(38-21-24)34(16-17-34)31(37)14-9-22(2)28-12-13-29-25(8-6-15-33(28,29)4)10-11-26-19-27(35)20-30(36)23(26)3/h9-11,14,18,21-22,27-31,35-37H,3,5-8,12-13,15-17,19-20H2,1-2,4H3/t22-,27-,28-,29+,30+,31-,33-/m1/s1. The van der Waals surface area contributed by atoms with Crippen molar-refractivity contribution >= 4 is 11.3 Å². The van der Waals surface area contributed by atoms with Gasteiger partial charge in [-0.1, -0.05) is 63.6 Å². The van der Waals surface area contributed by atoms with E-state index in [1.54, 1.807) is 0 Å². The molecule has 7 atom stereocenters. The van der Waals surface area contributed by atoms with E-state index in [9.17, 15) is 15.3 Å². The zero-order valence-corrected chi connectivity index (χ0v) is 24.5. The van der Waals surface area contributed by atoms with E-state index in [-0.39, 0.29) is 10.8 Å². The zero-order chi connectivity index (χ0) is 27.1. The summed E-state index contributed by atoms with van der Waals surface area (Å²) in [5.74, 6) is 1.65. The van der Waals surface area contributed by atoms with Gasteiger partial charge in [0, 0.05) is 16.7 Å². The summed E-state index contributed by atoms with van der Waals surface area (Å²) >= 11 is 1.84. The number of hydrogen-bond acceptors (Lipinski definition) is 4. The van der Waals surface area contributed by atoms with Crippen molar-refractivity contribution < 1.29 is 15.3 Å². The molecule has 4 saturated carbocycles. The molecule has 4 aliphatic rings. The van der Waals surface area contributed by atoms with Gasteiger partial charge in [-0.3, -0.25) is 0 Å². The number of aliphatic hydroxyl groups excluding tert-OH is 3. The summed E-state index contributed by atoms with van der Waals surface area (Å²) in [5, 5.41) is 33.9. The maximum atomic E-state index is 11.3. The summed E-state index contributed by atoms with van der Waals surface area (Å²) in [6, 6.07) is 2.35. The molecular weight excluding hydrogens is 488 g/mol. The average molecular weight is 537 g/mol. The third-order valence-electron chi connectivity index (χ3n) is 10.6. The highest BCUT2D eigenvalue weighted by molar-refractivity contribution is 7.10. The Morgan fingerprint density at radius 3 is 2.68 bits per heavy atom. The van der Waals surface area contributed by atoms with E-state index in [4.69, 9.17) is 0 Å². The molecule has 38 heavy (non-hydrogen) atoms. The Labute approximate surface area is 234 Å². The van der Waals surface area contributed by atoms with Crippen LogP contribution >= 0.6 is 11.3 Å². The lowest BCUT2D eigenvalue weighted by Gasteiger charge is -2.44. The Bertz CT molecular complexity index is 1100. The Balaban J connectivity index is 1.27. The quantitative estimate of drug-likeness (QED) is 0.303. The van der Waals surface area contributed by atoms with Crippen molar-refractivity contribution in [3.63, 3.8) is 0 Å². The van der Waals surface area contributed by atoms with E-state index in [0.29, 0.717) is 30.6 Å². The monoisotopic (exact) mass is 536 g/mol. The van der Waals surface area contributed by atoms with Crippen LogP contribution in [0.25, 0.3) is 0 Å². The van der Waals surface area contributed by atoms with E-state index < -0.39 is 18.3 Å². The smallest absolute Gasteiger partial charge is 0.0825 e. The molecular formula is C34H48O3S. The van der Waals surface area contributed by atoms with Crippen molar-refractivity contribution in [1.29, 1.82) is 0 Å². The van der Waals surface area contributed by atoms with Crippen LogP contribution in [0.3, 0.4) is 0 Å². The van der Waals surface area contributed by atoms with Crippen LogP contribution in [0.4, 0.5) is 0 Å². The second kappa shape index (κ2) is 11.2. The number of hydrogen-bond donors (Lipinski definition) is 3. The molecule has 4 aliphatic carbocycles. The van der Waals surface area contributed by atoms with Crippen LogP contribution in [-0.2, 0) is 11.8 Å². The fourth-order valence-electron chi connectivity index (χ4n) is 8.09. The molecule has 0 aromatic carbocycles. The second-order valence-corrected chi connectivity index (χ2v) is 14.0. The fraction of sp³-hybridized carbons (Fsp3) is 0.647. The highest BCUT2D eigenvalue weighted by Crippen LogP contribution is 2.60. The molecule has 1 heterocycles. The minimum Gasteiger partial charge on any atom is -0.393 e. The third-order valence-corrected chi connectivity index (χ3v) is 11.8. The van der Waals surface area contributed by atoms with Crippen LogP contribution in [0.1, 0.15) is 95.4 Å². The van der Waals surface area contributed by atoms with Gasteiger partial charge in [0.15, 0.2) is 0 Å². The lowest BCUT2D eigenvalue weighted by Crippen LogP contribution is -2.35. The van der Waals surface area contributed by atoms with Crippen molar-refractivity contribution in [2.24, 2.45) is 23.2 Å². The Kier molecular flexibility index (Phi) is 8.27. The summed E-state index contributed by atoms with van der Waals surface area (Å²) in [5.41, 5.74) is 4.95. The Morgan fingerprint density at radius 1 is 1.16 bits per heavy atom. The van der Waals surface area contributed by atoms with Crippen molar-refractivity contribution in [2.45, 2.75) is 115 Å². The number of fused-ring (bicyclic) bond motifs is 1. The maximum Gasteiger partial charge on any atom is 0.0825 e. The van der Waals surface area contributed by atoms with Crippen LogP contribution in [0.5, 0.6) is 0 Å². The highest BCUT2D eigenvalue weighted by atomic mass is 32.1. The summed E-state index contributed by atoms with van der Waals surface area (Å²) in [6.45, 7) is 11.2. The second-order valence-electron chi connectivity index (χ2n) is 13.1. The third kappa shape index (κ3) is 5.31. The summed E-state index contributed by atoms with van der Waals surface area (Å²) < 4.78 is 0. The summed E-state index contributed by atoms with van der Waals surface area (Å²) in [4.78, 5) is 1.37. The molecule has 0 bridgehead atoms. The molecule has 0 saturated heterocycles. The van der Waals surface area contributed by atoms with Crippen LogP contribution in [0.15, 0.2) is 59.0 Å². The topological polar surface area (TPSA) is 60.7 Å². The van der Waals surface area contributed by atoms with E-state index in [1.807, 2.05) is 11.3 Å². The van der Waals surface area contributed by atoms with Gasteiger partial charge in [0.05, 0.1) is 18.3 Å². The van der Waals surface area contributed by atoms with Crippen molar-refractivity contribution in [2.75, 3.05) is 0 Å². The fourth-order valence-corrected chi connectivity index (χ4v) is 9.33. The molecule has 4 heteroatoms.